The van der Waals surface area contributed by atoms with Gasteiger partial charge in [-0.3, -0.25) is 0 Å². The lowest BCUT2D eigenvalue weighted by molar-refractivity contribution is 1.72. The van der Waals surface area contributed by atoms with Gasteiger partial charge in [-0.2, -0.15) is 22.2 Å². The van der Waals surface area contributed by atoms with Crippen LogP contribution in [0.15, 0.2) is 85.2 Å². The van der Waals surface area contributed by atoms with E-state index in [1.807, 2.05) is 0 Å². The lowest BCUT2D eigenvalue weighted by Crippen LogP contribution is -2.94. The van der Waals surface area contributed by atoms with Crippen LogP contribution >= 0.6 is 77.6 Å². The van der Waals surface area contributed by atoms with Crippen molar-refractivity contribution in [1.29, 1.82) is 0 Å². The van der Waals surface area contributed by atoms with Gasteiger partial charge in [-0.1, -0.05) is 128 Å². The fourth-order valence-corrected chi connectivity index (χ4v) is 250. The van der Waals surface area contributed by atoms with Crippen molar-refractivity contribution >= 4 is 141 Å². The Kier molecular flexibility index (Phi) is 11.3. The van der Waals surface area contributed by atoms with E-state index in [-0.39, 0.29) is 0 Å². The molecule has 0 saturated heterocycles. The number of halogens is 7. The van der Waals surface area contributed by atoms with Gasteiger partial charge in [0, 0.05) is 14.2 Å². The van der Waals surface area contributed by atoms with Crippen LogP contribution in [0.4, 0.5) is 0 Å². The summed E-state index contributed by atoms with van der Waals surface area (Å²) in [6.45, 7) is 26.3. The molecule has 2 aromatic rings. The Labute approximate surface area is 269 Å². The predicted octanol–water partition coefficient (Wildman–Crippen LogP) is 8.95. The zero-order chi connectivity index (χ0) is 29.6. The highest BCUT2D eigenvalue weighted by molar-refractivity contribution is 8.30. The maximum absolute atomic E-state index is 7.48. The minimum atomic E-state index is -3.57. The summed E-state index contributed by atoms with van der Waals surface area (Å²) in [5.41, 5.74) is -5.94. The molecule has 0 spiro atoms. The van der Waals surface area contributed by atoms with Crippen molar-refractivity contribution in [3.05, 3.63) is 85.2 Å². The molecule has 0 fully saturated rings. The molecule has 38 heavy (non-hydrogen) atoms. The van der Waals surface area contributed by atoms with Crippen molar-refractivity contribution in [3.8, 4) is 0 Å². The van der Waals surface area contributed by atoms with Gasteiger partial charge < -0.3 is 0 Å². The van der Waals surface area contributed by atoms with E-state index in [1.165, 1.54) is 10.4 Å². The number of benzene rings is 2. The largest absolute Gasteiger partial charge is 0.358 e. The van der Waals surface area contributed by atoms with E-state index in [0.717, 1.165) is 0 Å². The zero-order valence-electron chi connectivity index (χ0n) is 23.0. The van der Waals surface area contributed by atoms with Crippen molar-refractivity contribution in [1.82, 2.24) is 0 Å². The highest BCUT2D eigenvalue weighted by atomic mass is 35.9. The molecule has 0 bridgehead atoms. The molecule has 0 aromatic heterocycles. The van der Waals surface area contributed by atoms with E-state index in [4.69, 9.17) is 77.6 Å². The lowest BCUT2D eigenvalue weighted by Gasteiger charge is -2.62. The Bertz CT molecular complexity index is 1140. The molecule has 0 saturated carbocycles. The second-order valence-electron chi connectivity index (χ2n) is 11.7. The monoisotopic (exact) mass is 782 g/mol. The summed E-state index contributed by atoms with van der Waals surface area (Å²) in [6.07, 6.45) is 0. The third-order valence-electron chi connectivity index (χ3n) is 9.98. The molecule has 2 rings (SSSR count). The molecule has 0 aliphatic rings. The average Bonchev–Trinajstić information content (AvgIpc) is 2.84. The van der Waals surface area contributed by atoms with Crippen LogP contribution < -0.4 is 10.4 Å². The van der Waals surface area contributed by atoms with Gasteiger partial charge in [0.05, 0.1) is 14.2 Å². The Morgan fingerprint density at radius 1 is 0.500 bits per heavy atom. The van der Waals surface area contributed by atoms with Gasteiger partial charge in [-0.25, -0.2) is 0 Å². The maximum atomic E-state index is 7.48. The summed E-state index contributed by atoms with van der Waals surface area (Å²) >= 11 is 48.6. The normalized spacial score (nSPS) is 16.1. The van der Waals surface area contributed by atoms with Crippen molar-refractivity contribution in [2.45, 2.75) is 45.8 Å². The minimum absolute atomic E-state index is 1.35. The van der Waals surface area contributed by atoms with E-state index in [1.54, 1.807) is 0 Å². The van der Waals surface area contributed by atoms with E-state index in [9.17, 15) is 0 Å². The first-order valence-electron chi connectivity index (χ1n) is 12.3. The van der Waals surface area contributed by atoms with Crippen LogP contribution in [0.2, 0.25) is 45.8 Å². The molecule has 1 unspecified atom stereocenters. The molecule has 1 atom stereocenters. The molecule has 0 amide bonds. The van der Waals surface area contributed by atoms with Gasteiger partial charge >= 0.3 is 11.2 Å². The van der Waals surface area contributed by atoms with Gasteiger partial charge in [0.25, 0.3) is 5.73 Å². The zero-order valence-corrected chi connectivity index (χ0v) is 36.3. The lowest BCUT2D eigenvalue weighted by atomic mass is 10.4. The maximum Gasteiger partial charge on any atom is 0.358 e. The highest BCUT2D eigenvalue weighted by Gasteiger charge is 2.78. The summed E-state index contributed by atoms with van der Waals surface area (Å²) < 4.78 is 0. The molecule has 2 aromatic carbocycles. The average molecular weight is 786 g/mol. The molecule has 0 nitrogen and oxygen atoms in total. The summed E-state index contributed by atoms with van der Waals surface area (Å²) in [7, 11) is -12.0. The van der Waals surface area contributed by atoms with Gasteiger partial charge in [0.1, 0.15) is 7.59 Å². The van der Waals surface area contributed by atoms with Gasteiger partial charge in [0.2, 0.25) is 0 Å². The standard InChI is InChI=1S/C23H37Cl7Si8/c1-10-35(11-2,23-20-16-13-17-21-23)34(9,22-18-14-12-15-19-22)32(5,6)31(3,4)33(7,8)37(27,28)38(29,30)36(24,25)26/h10-21H,1-2H2,3-9H3. The van der Waals surface area contributed by atoms with E-state index < -0.39 is 53.0 Å². The molecule has 0 N–H and O–H groups in total. The van der Waals surface area contributed by atoms with Crippen LogP contribution in [0.1, 0.15) is 0 Å². The first-order valence-corrected chi connectivity index (χ1v) is 46.0. The first kappa shape index (κ1) is 35.9. The van der Waals surface area contributed by atoms with Crippen molar-refractivity contribution in [2.75, 3.05) is 0 Å². The predicted molar refractivity (Wildman–Crippen MR) is 201 cm³/mol. The Hall–Kier alpha value is 1.69. The van der Waals surface area contributed by atoms with Crippen LogP contribution in [0, 0.1) is 0 Å². The molecule has 15 heteroatoms. The Morgan fingerprint density at radius 2 is 0.868 bits per heavy atom. The summed E-state index contributed by atoms with van der Waals surface area (Å²) in [5.74, 6) is 0. The summed E-state index contributed by atoms with van der Waals surface area (Å²) in [6, 6.07) is 21.9. The van der Waals surface area contributed by atoms with Crippen LogP contribution in [-0.4, -0.2) is 53.0 Å². The van der Waals surface area contributed by atoms with Crippen LogP contribution in [0.25, 0.3) is 0 Å². The van der Waals surface area contributed by atoms with Gasteiger partial charge in [-0.15, -0.1) is 68.6 Å². The summed E-state index contributed by atoms with van der Waals surface area (Å²) in [5, 5.41) is 2.78. The number of hydrogen-bond donors (Lipinski definition) is 0. The van der Waals surface area contributed by atoms with E-state index >= 15 is 0 Å². The molecule has 0 radical (unpaired) electrons. The Balaban J connectivity index is 3.03. The van der Waals surface area contributed by atoms with Gasteiger partial charge in [-0.05, 0) is 0 Å². The minimum Gasteiger partial charge on any atom is -0.151 e. The fourth-order valence-electron chi connectivity index (χ4n) is 5.99. The van der Waals surface area contributed by atoms with Crippen molar-refractivity contribution < 1.29 is 0 Å². The molecule has 0 aliphatic heterocycles. The van der Waals surface area contributed by atoms with Crippen LogP contribution in [-0.2, 0) is 0 Å². The van der Waals surface area contributed by atoms with E-state index in [2.05, 4.69) is 131 Å². The molecular formula is C23H37Cl7Si8. The van der Waals surface area contributed by atoms with E-state index in [0.29, 0.717) is 0 Å². The third kappa shape index (κ3) is 5.21. The highest BCUT2D eigenvalue weighted by Crippen LogP contribution is 2.53. The molecular weight excluding hydrogens is 749 g/mol. The molecule has 0 aliphatic carbocycles. The SMILES string of the molecule is C=C[Si](C=C)(c1ccccc1)[Si](C)(c1ccccc1)[Si](C)(C)[Si](C)(C)[Si](C)(C)[Si](Cl)(Cl)[Si](Cl)(Cl)[Si](Cl)(Cl)Cl. The third-order valence-corrected chi connectivity index (χ3v) is 192. The van der Waals surface area contributed by atoms with Crippen LogP contribution in [0.3, 0.4) is 0 Å². The topological polar surface area (TPSA) is 0 Å². The van der Waals surface area contributed by atoms with Gasteiger partial charge in [0.15, 0.2) is 0 Å². The number of hydrogen-bond acceptors (Lipinski definition) is 0. The second-order valence-corrected chi connectivity index (χ2v) is 107. The van der Waals surface area contributed by atoms with Crippen LogP contribution in [0.5, 0.6) is 0 Å². The Morgan fingerprint density at radius 3 is 1.21 bits per heavy atom. The fraction of sp³-hybridized carbons (Fsp3) is 0.304. The quantitative estimate of drug-likeness (QED) is 0.158. The first-order chi connectivity index (χ1) is 17.1. The van der Waals surface area contributed by atoms with Crippen molar-refractivity contribution in [3.63, 3.8) is 0 Å². The number of rotatable bonds is 11. The second kappa shape index (κ2) is 12.0. The smallest absolute Gasteiger partial charge is 0.151 e. The van der Waals surface area contributed by atoms with Crippen molar-refractivity contribution in [2.24, 2.45) is 0 Å². The summed E-state index contributed by atoms with van der Waals surface area (Å²) in [4.78, 5) is 0. The molecule has 210 valence electrons. The molecule has 0 heterocycles.